The van der Waals surface area contributed by atoms with Crippen LogP contribution in [0.25, 0.3) is 0 Å². The number of hydrogen-bond acceptors (Lipinski definition) is 3. The molecular formula is C9H15N3. The van der Waals surface area contributed by atoms with E-state index < -0.39 is 0 Å². The Labute approximate surface area is 73.0 Å². The molecule has 0 saturated carbocycles. The molecule has 0 bridgehead atoms. The molecule has 1 unspecified atom stereocenters. The third kappa shape index (κ3) is 2.58. The Bertz CT molecular complexity index is 245. The molecule has 0 aliphatic carbocycles. The number of rotatable bonds is 3. The maximum atomic E-state index is 5.66. The molecule has 2 N–H and O–H groups in total. The van der Waals surface area contributed by atoms with Gasteiger partial charge in [0, 0.05) is 23.9 Å². The van der Waals surface area contributed by atoms with Crippen molar-refractivity contribution < 1.29 is 0 Å². The Morgan fingerprint density at radius 3 is 2.67 bits per heavy atom. The van der Waals surface area contributed by atoms with Crippen LogP contribution >= 0.6 is 0 Å². The highest BCUT2D eigenvalue weighted by Gasteiger charge is 2.00. The lowest BCUT2D eigenvalue weighted by Gasteiger charge is -2.04. The minimum absolute atomic E-state index is 0.171. The van der Waals surface area contributed by atoms with Crippen molar-refractivity contribution in [2.75, 3.05) is 0 Å². The van der Waals surface area contributed by atoms with Crippen LogP contribution in [0, 0.1) is 0 Å². The first kappa shape index (κ1) is 9.13. The van der Waals surface area contributed by atoms with E-state index in [1.807, 2.05) is 13.0 Å². The van der Waals surface area contributed by atoms with Gasteiger partial charge >= 0.3 is 0 Å². The summed E-state index contributed by atoms with van der Waals surface area (Å²) in [7, 11) is 0. The molecule has 1 aromatic heterocycles. The molecule has 1 aromatic rings. The summed E-state index contributed by atoms with van der Waals surface area (Å²) in [5, 5.41) is 0. The molecule has 66 valence electrons. The normalized spacial score (nSPS) is 12.9. The van der Waals surface area contributed by atoms with Crippen molar-refractivity contribution in [2.45, 2.75) is 32.7 Å². The van der Waals surface area contributed by atoms with Crippen molar-refractivity contribution in [2.24, 2.45) is 5.73 Å². The van der Waals surface area contributed by atoms with E-state index in [1.54, 1.807) is 6.33 Å². The van der Waals surface area contributed by atoms with Crippen LogP contribution in [0.4, 0.5) is 0 Å². The zero-order valence-electron chi connectivity index (χ0n) is 7.62. The third-order valence-corrected chi connectivity index (χ3v) is 1.67. The molecule has 3 heteroatoms. The van der Waals surface area contributed by atoms with Crippen molar-refractivity contribution in [1.29, 1.82) is 0 Å². The summed E-state index contributed by atoms with van der Waals surface area (Å²) in [4.78, 5) is 8.25. The Balaban J connectivity index is 2.72. The highest BCUT2D eigenvalue weighted by atomic mass is 14.8. The summed E-state index contributed by atoms with van der Waals surface area (Å²) in [6.45, 7) is 4.06. The molecule has 0 aliphatic rings. The second kappa shape index (κ2) is 4.16. The summed E-state index contributed by atoms with van der Waals surface area (Å²) in [5.74, 6) is 0. The molecule has 0 radical (unpaired) electrons. The van der Waals surface area contributed by atoms with Crippen molar-refractivity contribution in [1.82, 2.24) is 9.97 Å². The molecule has 1 heterocycles. The van der Waals surface area contributed by atoms with E-state index in [4.69, 9.17) is 5.73 Å². The van der Waals surface area contributed by atoms with Gasteiger partial charge < -0.3 is 5.73 Å². The summed E-state index contributed by atoms with van der Waals surface area (Å²) < 4.78 is 0. The Morgan fingerprint density at radius 2 is 2.08 bits per heavy atom. The lowest BCUT2D eigenvalue weighted by molar-refractivity contribution is 0.717. The zero-order valence-corrected chi connectivity index (χ0v) is 7.62. The van der Waals surface area contributed by atoms with Crippen LogP contribution in [-0.2, 0) is 12.8 Å². The number of hydrogen-bond donors (Lipinski definition) is 1. The van der Waals surface area contributed by atoms with Crippen molar-refractivity contribution in [3.63, 3.8) is 0 Å². The average molecular weight is 165 g/mol. The number of aromatic nitrogens is 2. The Kier molecular flexibility index (Phi) is 3.17. The monoisotopic (exact) mass is 165 g/mol. The highest BCUT2D eigenvalue weighted by Crippen LogP contribution is 2.00. The standard InChI is InChI=1S/C9H15N3/c1-3-8-5-9(4-7(2)10)12-6-11-8/h5-7H,3-4,10H2,1-2H3. The Morgan fingerprint density at radius 1 is 1.42 bits per heavy atom. The SMILES string of the molecule is CCc1cc(CC(C)N)ncn1. The predicted octanol–water partition coefficient (Wildman–Crippen LogP) is 0.929. The minimum Gasteiger partial charge on any atom is -0.328 e. The lowest BCUT2D eigenvalue weighted by Crippen LogP contribution is -2.18. The fourth-order valence-corrected chi connectivity index (χ4v) is 1.08. The van der Waals surface area contributed by atoms with Crippen LogP contribution in [0.2, 0.25) is 0 Å². The second-order valence-corrected chi connectivity index (χ2v) is 3.04. The van der Waals surface area contributed by atoms with Gasteiger partial charge in [0.1, 0.15) is 6.33 Å². The van der Waals surface area contributed by atoms with Gasteiger partial charge in [-0.15, -0.1) is 0 Å². The fraction of sp³-hybridized carbons (Fsp3) is 0.556. The first-order valence-corrected chi connectivity index (χ1v) is 4.27. The van der Waals surface area contributed by atoms with Gasteiger partial charge in [-0.2, -0.15) is 0 Å². The first-order chi connectivity index (χ1) is 5.72. The summed E-state index contributed by atoms with van der Waals surface area (Å²) in [6.07, 6.45) is 3.39. The van der Waals surface area contributed by atoms with Crippen molar-refractivity contribution in [3.8, 4) is 0 Å². The van der Waals surface area contributed by atoms with Crippen LogP contribution in [0.3, 0.4) is 0 Å². The molecule has 0 aliphatic heterocycles. The van der Waals surface area contributed by atoms with Crippen LogP contribution in [-0.4, -0.2) is 16.0 Å². The third-order valence-electron chi connectivity index (χ3n) is 1.67. The minimum atomic E-state index is 0.171. The van der Waals surface area contributed by atoms with Crippen molar-refractivity contribution in [3.05, 3.63) is 23.8 Å². The van der Waals surface area contributed by atoms with Gasteiger partial charge in [-0.05, 0) is 19.4 Å². The number of nitrogens with two attached hydrogens (primary N) is 1. The van der Waals surface area contributed by atoms with Gasteiger partial charge in [-0.1, -0.05) is 6.92 Å². The van der Waals surface area contributed by atoms with Crippen LogP contribution in [0.15, 0.2) is 12.4 Å². The molecular weight excluding hydrogens is 150 g/mol. The molecule has 0 aromatic carbocycles. The van der Waals surface area contributed by atoms with Gasteiger partial charge in [0.05, 0.1) is 0 Å². The lowest BCUT2D eigenvalue weighted by atomic mass is 10.1. The van der Waals surface area contributed by atoms with Crippen LogP contribution in [0.5, 0.6) is 0 Å². The first-order valence-electron chi connectivity index (χ1n) is 4.27. The van der Waals surface area contributed by atoms with E-state index >= 15 is 0 Å². The quantitative estimate of drug-likeness (QED) is 0.724. The highest BCUT2D eigenvalue weighted by molar-refractivity contribution is 5.08. The average Bonchev–Trinajstić information content (AvgIpc) is 2.03. The topological polar surface area (TPSA) is 51.8 Å². The molecule has 0 amide bonds. The molecule has 0 fully saturated rings. The van der Waals surface area contributed by atoms with E-state index in [9.17, 15) is 0 Å². The molecule has 3 nitrogen and oxygen atoms in total. The molecule has 1 rings (SSSR count). The molecule has 0 spiro atoms. The van der Waals surface area contributed by atoms with Gasteiger partial charge in [0.15, 0.2) is 0 Å². The smallest absolute Gasteiger partial charge is 0.115 e. The molecule has 12 heavy (non-hydrogen) atoms. The number of nitrogens with zero attached hydrogens (tertiary/aromatic N) is 2. The summed E-state index contributed by atoms with van der Waals surface area (Å²) in [5.41, 5.74) is 7.78. The van der Waals surface area contributed by atoms with Gasteiger partial charge in [-0.3, -0.25) is 0 Å². The predicted molar refractivity (Wildman–Crippen MR) is 48.8 cm³/mol. The van der Waals surface area contributed by atoms with E-state index in [1.165, 1.54) is 0 Å². The van der Waals surface area contributed by atoms with E-state index in [-0.39, 0.29) is 6.04 Å². The van der Waals surface area contributed by atoms with Gasteiger partial charge in [-0.25, -0.2) is 9.97 Å². The maximum Gasteiger partial charge on any atom is 0.115 e. The van der Waals surface area contributed by atoms with E-state index in [0.29, 0.717) is 0 Å². The summed E-state index contributed by atoms with van der Waals surface area (Å²) in [6, 6.07) is 2.19. The van der Waals surface area contributed by atoms with Gasteiger partial charge in [0.2, 0.25) is 0 Å². The van der Waals surface area contributed by atoms with Crippen molar-refractivity contribution >= 4 is 0 Å². The van der Waals surface area contributed by atoms with Crippen LogP contribution in [0.1, 0.15) is 25.2 Å². The Hall–Kier alpha value is -0.960. The maximum absolute atomic E-state index is 5.66. The van der Waals surface area contributed by atoms with Crippen LogP contribution < -0.4 is 5.73 Å². The van der Waals surface area contributed by atoms with E-state index in [2.05, 4.69) is 16.9 Å². The zero-order chi connectivity index (χ0) is 8.97. The fourth-order valence-electron chi connectivity index (χ4n) is 1.08. The molecule has 0 saturated heterocycles. The second-order valence-electron chi connectivity index (χ2n) is 3.04. The molecule has 1 atom stereocenters. The largest absolute Gasteiger partial charge is 0.328 e. The van der Waals surface area contributed by atoms with Gasteiger partial charge in [0.25, 0.3) is 0 Å². The number of aryl methyl sites for hydroxylation is 1. The summed E-state index contributed by atoms with van der Waals surface area (Å²) >= 11 is 0. The van der Waals surface area contributed by atoms with E-state index in [0.717, 1.165) is 24.2 Å².